The second-order valence-electron chi connectivity index (χ2n) is 19.7. The molecule has 1 aliphatic carbocycles. The number of nitrogens with zero attached hydrogens (tertiary/aromatic N) is 2. The molecule has 3 aliphatic rings. The van der Waals surface area contributed by atoms with Gasteiger partial charge in [-0.1, -0.05) is 255 Å². The molecule has 0 amide bonds. The fraction of sp³-hybridized carbons (Fsp3) is 0.633. The molecule has 0 atom stereocenters. The summed E-state index contributed by atoms with van der Waals surface area (Å²) in [7, 11) is 0. The van der Waals surface area contributed by atoms with E-state index in [9.17, 15) is 9.59 Å². The van der Waals surface area contributed by atoms with Crippen molar-refractivity contribution in [3.05, 3.63) is 96.4 Å². The van der Waals surface area contributed by atoms with E-state index in [0.29, 0.717) is 0 Å². The molecule has 0 saturated heterocycles. The Kier molecular flexibility index (Phi) is 25.1. The van der Waals surface area contributed by atoms with Crippen LogP contribution in [0.3, 0.4) is 0 Å². The second-order valence-corrected chi connectivity index (χ2v) is 19.7. The van der Waals surface area contributed by atoms with Gasteiger partial charge in [-0.15, -0.1) is 0 Å². The van der Waals surface area contributed by atoms with Gasteiger partial charge in [-0.2, -0.15) is 0 Å². The molecule has 64 heavy (non-hydrogen) atoms. The number of hydrogen-bond acceptors (Lipinski definition) is 4. The molecule has 0 spiro atoms. The van der Waals surface area contributed by atoms with Crippen molar-refractivity contribution in [1.82, 2.24) is 0 Å². The van der Waals surface area contributed by atoms with Gasteiger partial charge < -0.3 is 9.80 Å². The largest absolute Gasteiger partial charge is 0.347 e. The molecule has 1 saturated carbocycles. The van der Waals surface area contributed by atoms with Crippen LogP contribution in [-0.2, 0) is 9.59 Å². The van der Waals surface area contributed by atoms with Gasteiger partial charge in [-0.05, 0) is 48.3 Å². The molecule has 4 heteroatoms. The zero-order valence-corrected chi connectivity index (χ0v) is 41.0. The second kappa shape index (κ2) is 31.3. The first-order valence-electron chi connectivity index (χ1n) is 27.2. The van der Waals surface area contributed by atoms with Crippen LogP contribution in [0.1, 0.15) is 230 Å². The third-order valence-corrected chi connectivity index (χ3v) is 14.3. The van der Waals surface area contributed by atoms with Crippen LogP contribution in [0.15, 0.2) is 85.2 Å². The van der Waals surface area contributed by atoms with E-state index in [1.165, 1.54) is 217 Å². The fourth-order valence-electron chi connectivity index (χ4n) is 10.2. The van der Waals surface area contributed by atoms with Crippen LogP contribution in [0.25, 0.3) is 11.1 Å². The van der Waals surface area contributed by atoms with Gasteiger partial charge in [0.25, 0.3) is 0 Å². The Morgan fingerprint density at radius 2 is 0.641 bits per heavy atom. The van der Waals surface area contributed by atoms with Crippen LogP contribution in [0.4, 0.5) is 11.4 Å². The SMILES string of the molecule is CCCCCCCCCCCCCCCCCCN1C=C/C(=C/C2C(=O)C(/C=C3\C=CN(CCCCCCCCCCCCCCCCCC)c4ccccc43)C2=O)c2ccccc21. The minimum Gasteiger partial charge on any atom is -0.347 e. The van der Waals surface area contributed by atoms with E-state index in [0.717, 1.165) is 35.4 Å². The molecule has 5 rings (SSSR count). The van der Waals surface area contributed by atoms with E-state index in [2.05, 4.69) is 96.7 Å². The van der Waals surface area contributed by atoms with Gasteiger partial charge in [-0.3, -0.25) is 9.59 Å². The smallest absolute Gasteiger partial charge is 0.161 e. The Labute approximate surface area is 392 Å². The molecule has 2 aromatic carbocycles. The summed E-state index contributed by atoms with van der Waals surface area (Å²) in [6.45, 7) is 6.56. The molecule has 1 fully saturated rings. The van der Waals surface area contributed by atoms with Crippen LogP contribution in [0, 0.1) is 11.8 Å². The number of carbonyl (C=O) groups is 2. The molecular formula is C60H90N2O2. The van der Waals surface area contributed by atoms with Crippen LogP contribution >= 0.6 is 0 Å². The normalized spacial score (nSPS) is 18.0. The Morgan fingerprint density at radius 3 is 0.938 bits per heavy atom. The van der Waals surface area contributed by atoms with E-state index in [4.69, 9.17) is 0 Å². The highest BCUT2D eigenvalue weighted by Gasteiger charge is 2.46. The molecule has 2 heterocycles. The van der Waals surface area contributed by atoms with Gasteiger partial charge in [-0.25, -0.2) is 0 Å². The lowest BCUT2D eigenvalue weighted by Gasteiger charge is -2.32. The molecule has 0 unspecified atom stereocenters. The van der Waals surface area contributed by atoms with Gasteiger partial charge in [0.05, 0.1) is 11.8 Å². The summed E-state index contributed by atoms with van der Waals surface area (Å²) in [6.07, 6.45) is 56.4. The molecule has 0 N–H and O–H groups in total. The van der Waals surface area contributed by atoms with Crippen molar-refractivity contribution in [3.8, 4) is 0 Å². The third-order valence-electron chi connectivity index (χ3n) is 14.3. The Hall–Kier alpha value is -3.66. The van der Waals surface area contributed by atoms with Crippen LogP contribution in [0.2, 0.25) is 0 Å². The molecule has 2 aromatic rings. The number of unbranched alkanes of at least 4 members (excludes halogenated alkanes) is 30. The molecule has 0 bridgehead atoms. The Balaban J connectivity index is 0.975. The van der Waals surface area contributed by atoms with E-state index in [1.54, 1.807) is 0 Å². The summed E-state index contributed by atoms with van der Waals surface area (Å²) in [5.74, 6) is -1.35. The fourth-order valence-corrected chi connectivity index (χ4v) is 10.2. The maximum absolute atomic E-state index is 13.6. The summed E-state index contributed by atoms with van der Waals surface area (Å²) in [6, 6.07) is 16.9. The summed E-state index contributed by atoms with van der Waals surface area (Å²) in [4.78, 5) is 32.0. The van der Waals surface area contributed by atoms with Crippen molar-refractivity contribution in [2.45, 2.75) is 219 Å². The molecular weight excluding hydrogens is 781 g/mol. The number of allylic oxidation sites excluding steroid dienone is 6. The number of hydrogen-bond donors (Lipinski definition) is 0. The predicted octanol–water partition coefficient (Wildman–Crippen LogP) is 17.7. The van der Waals surface area contributed by atoms with Gasteiger partial charge in [0, 0.05) is 48.0 Å². The average molecular weight is 871 g/mol. The molecule has 4 nitrogen and oxygen atoms in total. The number of fused-ring (bicyclic) bond motifs is 2. The van der Waals surface area contributed by atoms with E-state index < -0.39 is 11.8 Å². The number of para-hydroxylation sites is 2. The van der Waals surface area contributed by atoms with Gasteiger partial charge >= 0.3 is 0 Å². The van der Waals surface area contributed by atoms with Crippen LogP contribution in [0.5, 0.6) is 0 Å². The average Bonchev–Trinajstić information content (AvgIpc) is 3.32. The van der Waals surface area contributed by atoms with Crippen molar-refractivity contribution < 1.29 is 9.59 Å². The number of anilines is 2. The standard InChI is InChI=1S/C60H90N2O2/c1-3-5-7-9-11-13-15-17-19-21-23-25-27-29-31-37-45-61-47-43-51(53-39-33-35-41-57(53)61)49-55-59(63)56(60(55)64)50-52-44-48-62(58-42-36-34-40-54(52)58)46-38-32-30-28-26-24-22-20-18-16-14-12-10-8-6-4-2/h33-36,39-44,47-50,55-56H,3-32,37-38,45-46H2,1-2H3/b51-49-,52-50+. The van der Waals surface area contributed by atoms with Crippen molar-refractivity contribution in [2.24, 2.45) is 11.8 Å². The van der Waals surface area contributed by atoms with Crippen molar-refractivity contribution in [3.63, 3.8) is 0 Å². The Morgan fingerprint density at radius 1 is 0.375 bits per heavy atom. The molecule has 352 valence electrons. The molecule has 0 aromatic heterocycles. The first-order valence-corrected chi connectivity index (χ1v) is 27.2. The summed E-state index contributed by atoms with van der Waals surface area (Å²) < 4.78 is 0. The Bertz CT molecular complexity index is 1610. The zero-order chi connectivity index (χ0) is 44.9. The molecule has 2 aliphatic heterocycles. The maximum atomic E-state index is 13.6. The summed E-state index contributed by atoms with van der Waals surface area (Å²) in [5.41, 5.74) is 6.51. The van der Waals surface area contributed by atoms with Crippen LogP contribution in [-0.4, -0.2) is 24.7 Å². The quantitative estimate of drug-likeness (QED) is 0.0505. The highest BCUT2D eigenvalue weighted by atomic mass is 16.2. The van der Waals surface area contributed by atoms with Crippen molar-refractivity contribution >= 4 is 34.1 Å². The first kappa shape index (κ1) is 51.3. The lowest BCUT2D eigenvalue weighted by Crippen LogP contribution is -2.46. The van der Waals surface area contributed by atoms with E-state index >= 15 is 0 Å². The number of rotatable bonds is 36. The number of carbonyl (C=O) groups excluding carboxylic acids is 2. The monoisotopic (exact) mass is 871 g/mol. The highest BCUT2D eigenvalue weighted by molar-refractivity contribution is 6.27. The van der Waals surface area contributed by atoms with Crippen molar-refractivity contribution in [1.29, 1.82) is 0 Å². The van der Waals surface area contributed by atoms with E-state index in [1.807, 2.05) is 12.2 Å². The number of benzene rings is 2. The summed E-state index contributed by atoms with van der Waals surface area (Å²) >= 11 is 0. The highest BCUT2D eigenvalue weighted by Crippen LogP contribution is 2.40. The number of Topliss-reactive ketones (excluding diaryl/α,β-unsaturated/α-hetero) is 2. The third kappa shape index (κ3) is 17.6. The first-order chi connectivity index (χ1) is 31.6. The maximum Gasteiger partial charge on any atom is 0.161 e. The minimum absolute atomic E-state index is 0.00736. The van der Waals surface area contributed by atoms with Gasteiger partial charge in [0.2, 0.25) is 0 Å². The molecule has 0 radical (unpaired) electrons. The van der Waals surface area contributed by atoms with E-state index in [-0.39, 0.29) is 11.6 Å². The topological polar surface area (TPSA) is 40.6 Å². The summed E-state index contributed by atoms with van der Waals surface area (Å²) in [5, 5.41) is 0. The lowest BCUT2D eigenvalue weighted by atomic mass is 9.70. The zero-order valence-electron chi connectivity index (χ0n) is 41.0. The number of ketones is 2. The minimum atomic E-state index is -0.685. The van der Waals surface area contributed by atoms with Gasteiger partial charge in [0.15, 0.2) is 11.6 Å². The predicted molar refractivity (Wildman–Crippen MR) is 278 cm³/mol. The van der Waals surface area contributed by atoms with Gasteiger partial charge in [0.1, 0.15) is 0 Å². The lowest BCUT2D eigenvalue weighted by molar-refractivity contribution is -0.145. The van der Waals surface area contributed by atoms with Crippen LogP contribution < -0.4 is 9.80 Å². The van der Waals surface area contributed by atoms with Crippen molar-refractivity contribution in [2.75, 3.05) is 22.9 Å².